The van der Waals surface area contributed by atoms with Crippen LogP contribution in [0.15, 0.2) is 24.3 Å². The molecule has 73 heavy (non-hydrogen) atoms. The van der Waals surface area contributed by atoms with E-state index in [2.05, 4.69) is 67.8 Å². The van der Waals surface area contributed by atoms with Gasteiger partial charge in [-0.2, -0.15) is 25.3 Å². The molecule has 0 saturated carbocycles. The summed E-state index contributed by atoms with van der Waals surface area (Å²) >= 11 is 8.40. The minimum atomic E-state index is -1.52. The molecule has 27 heteroatoms. The average Bonchev–Trinajstić information content (AvgIpc) is 3.33. The van der Waals surface area contributed by atoms with E-state index < -0.39 is 139 Å². The number of benzene rings is 1. The summed E-state index contributed by atoms with van der Waals surface area (Å²) in [6.45, 7) is 6.44. The van der Waals surface area contributed by atoms with E-state index in [1.807, 2.05) is 0 Å². The summed E-state index contributed by atoms with van der Waals surface area (Å²) in [6.07, 6.45) is 0.249. The molecule has 1 rings (SSSR count). The Balaban J connectivity index is 3.50. The number of aliphatic hydroxyl groups is 1. The fourth-order valence-corrected chi connectivity index (χ4v) is 7.51. The predicted molar refractivity (Wildman–Crippen MR) is 275 cm³/mol. The molecule has 0 fully saturated rings. The number of phenols is 1. The number of aliphatic carboxylic acids is 2. The second kappa shape index (κ2) is 34.6. The molecule has 18 N–H and O–H groups in total. The Kier molecular flexibility index (Phi) is 31.0. The molecular formula is C46H77N11O14S2. The van der Waals surface area contributed by atoms with E-state index in [4.69, 9.17) is 17.2 Å². The second-order valence-electron chi connectivity index (χ2n) is 18.2. The first kappa shape index (κ1) is 65.3. The van der Waals surface area contributed by atoms with Gasteiger partial charge in [0.15, 0.2) is 0 Å². The number of nitrogens with two attached hydrogens (primary N) is 3. The lowest BCUT2D eigenvalue weighted by atomic mass is 10.00. The van der Waals surface area contributed by atoms with Crippen LogP contribution in [0, 0.1) is 11.8 Å². The molecule has 0 aliphatic rings. The van der Waals surface area contributed by atoms with Crippen molar-refractivity contribution in [1.82, 2.24) is 42.5 Å². The number of rotatable bonds is 36. The van der Waals surface area contributed by atoms with Crippen LogP contribution in [-0.2, 0) is 54.4 Å². The van der Waals surface area contributed by atoms with Crippen molar-refractivity contribution < 1.29 is 68.4 Å². The number of carboxylic acid groups (broad SMARTS) is 2. The van der Waals surface area contributed by atoms with E-state index in [1.54, 1.807) is 27.7 Å². The van der Waals surface area contributed by atoms with Gasteiger partial charge in [0.1, 0.15) is 60.1 Å². The first-order valence-electron chi connectivity index (χ1n) is 24.1. The normalized spacial score (nSPS) is 14.9. The first-order valence-corrected chi connectivity index (χ1v) is 25.3. The van der Waals surface area contributed by atoms with Crippen molar-refractivity contribution in [2.24, 2.45) is 29.0 Å². The predicted octanol–water partition coefficient (Wildman–Crippen LogP) is -3.10. The molecule has 0 heterocycles. The van der Waals surface area contributed by atoms with Gasteiger partial charge in [-0.1, -0.05) is 39.8 Å². The zero-order chi connectivity index (χ0) is 55.4. The van der Waals surface area contributed by atoms with Gasteiger partial charge in [0.25, 0.3) is 0 Å². The van der Waals surface area contributed by atoms with E-state index in [0.717, 1.165) is 0 Å². The van der Waals surface area contributed by atoms with E-state index in [-0.39, 0.29) is 61.9 Å². The molecule has 8 amide bonds. The van der Waals surface area contributed by atoms with E-state index in [1.165, 1.54) is 24.3 Å². The van der Waals surface area contributed by atoms with Gasteiger partial charge in [-0.15, -0.1) is 0 Å². The molecule has 0 saturated heterocycles. The Morgan fingerprint density at radius 1 is 0.534 bits per heavy atom. The maximum absolute atomic E-state index is 14.1. The monoisotopic (exact) mass is 1070 g/mol. The van der Waals surface area contributed by atoms with Crippen LogP contribution in [-0.4, -0.2) is 165 Å². The molecule has 0 aliphatic carbocycles. The number of aliphatic hydroxyl groups excluding tert-OH is 1. The third kappa shape index (κ3) is 24.7. The number of hydrogen-bond acceptors (Lipinski definition) is 17. The van der Waals surface area contributed by atoms with Gasteiger partial charge in [-0.25, -0.2) is 4.79 Å². The van der Waals surface area contributed by atoms with Crippen LogP contribution in [0.2, 0.25) is 0 Å². The van der Waals surface area contributed by atoms with E-state index in [0.29, 0.717) is 31.2 Å². The van der Waals surface area contributed by atoms with Crippen molar-refractivity contribution in [1.29, 1.82) is 0 Å². The number of carboxylic acids is 2. The lowest BCUT2D eigenvalue weighted by molar-refractivity contribution is -0.143. The highest BCUT2D eigenvalue weighted by molar-refractivity contribution is 7.80. The Hall–Kier alpha value is -5.74. The fraction of sp³-hybridized carbons (Fsp3) is 0.652. The lowest BCUT2D eigenvalue weighted by Crippen LogP contribution is -2.61. The number of amides is 8. The first-order chi connectivity index (χ1) is 34.4. The summed E-state index contributed by atoms with van der Waals surface area (Å²) in [5, 5.41) is 58.3. The van der Waals surface area contributed by atoms with Crippen LogP contribution >= 0.6 is 25.3 Å². The van der Waals surface area contributed by atoms with Crippen LogP contribution in [0.1, 0.15) is 91.0 Å². The van der Waals surface area contributed by atoms with Gasteiger partial charge in [-0.05, 0) is 94.0 Å². The molecule has 1 aromatic rings. The van der Waals surface area contributed by atoms with Gasteiger partial charge >= 0.3 is 11.9 Å². The van der Waals surface area contributed by atoms with Gasteiger partial charge in [0.05, 0.1) is 6.61 Å². The van der Waals surface area contributed by atoms with Crippen molar-refractivity contribution in [3.05, 3.63) is 29.8 Å². The summed E-state index contributed by atoms with van der Waals surface area (Å²) in [6, 6.07) is -6.69. The number of carbonyl (C=O) groups excluding carboxylic acids is 8. The summed E-state index contributed by atoms with van der Waals surface area (Å²) in [5.41, 5.74) is 17.4. The number of carbonyl (C=O) groups is 10. The van der Waals surface area contributed by atoms with Gasteiger partial charge in [0, 0.05) is 24.3 Å². The summed E-state index contributed by atoms with van der Waals surface area (Å²) in [4.78, 5) is 132. The van der Waals surface area contributed by atoms with Gasteiger partial charge < -0.3 is 80.2 Å². The molecule has 9 atom stereocenters. The third-order valence-electron chi connectivity index (χ3n) is 11.2. The molecule has 0 radical (unpaired) electrons. The number of aromatic hydroxyl groups is 1. The molecule has 0 aliphatic heterocycles. The molecule has 0 unspecified atom stereocenters. The maximum atomic E-state index is 14.1. The average molecular weight is 1070 g/mol. The lowest BCUT2D eigenvalue weighted by Gasteiger charge is -2.28. The zero-order valence-corrected chi connectivity index (χ0v) is 43.6. The molecular weight excluding hydrogens is 995 g/mol. The van der Waals surface area contributed by atoms with Crippen LogP contribution in [0.5, 0.6) is 5.75 Å². The molecule has 25 nitrogen and oxygen atoms in total. The Labute approximate surface area is 436 Å². The van der Waals surface area contributed by atoms with Crippen LogP contribution in [0.25, 0.3) is 0 Å². The number of thiol groups is 2. The second-order valence-corrected chi connectivity index (χ2v) is 18.9. The molecule has 1 aromatic carbocycles. The van der Waals surface area contributed by atoms with Gasteiger partial charge in [0.2, 0.25) is 47.3 Å². The number of unbranched alkanes of at least 4 members (excludes halogenated alkanes) is 2. The van der Waals surface area contributed by atoms with Crippen molar-refractivity contribution in [2.75, 3.05) is 31.2 Å². The minimum absolute atomic E-state index is 0.0109. The maximum Gasteiger partial charge on any atom is 0.326 e. The summed E-state index contributed by atoms with van der Waals surface area (Å²) in [7, 11) is 0. The SMILES string of the molecule is CC(C)C[C@H](NC(=O)[C@H](CCC(=O)O)NC(=O)[C@H](CCCCN)NC(=O)[C@H](CCCCN)NC(=O)[C@H](CS)NC(=O)[C@H](Cc1ccc(O)cc1)NC(=O)[C@@H](NC(=O)[C@H](CS)NC(=O)[C@@H](N)CO)C(C)C)C(=O)O. The molecule has 412 valence electrons. The fourth-order valence-electron chi connectivity index (χ4n) is 6.99. The Morgan fingerprint density at radius 3 is 1.34 bits per heavy atom. The van der Waals surface area contributed by atoms with Crippen LogP contribution < -0.4 is 59.7 Å². The molecule has 0 aromatic heterocycles. The number of hydrogen-bond donors (Lipinski definition) is 17. The number of phenolic OH excluding ortho intramolecular Hbond substituents is 1. The Bertz CT molecular complexity index is 1980. The van der Waals surface area contributed by atoms with E-state index >= 15 is 0 Å². The number of nitrogens with one attached hydrogen (secondary N) is 8. The minimum Gasteiger partial charge on any atom is -0.508 e. The topological polar surface area (TPSA) is 426 Å². The zero-order valence-electron chi connectivity index (χ0n) is 41.8. The highest BCUT2D eigenvalue weighted by atomic mass is 32.1. The smallest absolute Gasteiger partial charge is 0.326 e. The van der Waals surface area contributed by atoms with Crippen LogP contribution in [0.4, 0.5) is 0 Å². The molecule has 0 spiro atoms. The van der Waals surface area contributed by atoms with Crippen LogP contribution in [0.3, 0.4) is 0 Å². The largest absolute Gasteiger partial charge is 0.508 e. The molecule has 0 bridgehead atoms. The summed E-state index contributed by atoms with van der Waals surface area (Å²) < 4.78 is 0. The van der Waals surface area contributed by atoms with Crippen molar-refractivity contribution in [3.63, 3.8) is 0 Å². The summed E-state index contributed by atoms with van der Waals surface area (Å²) in [5.74, 6) is -11.0. The van der Waals surface area contributed by atoms with Crippen molar-refractivity contribution in [3.8, 4) is 5.75 Å². The van der Waals surface area contributed by atoms with Crippen molar-refractivity contribution >= 4 is 84.5 Å². The quantitative estimate of drug-likeness (QED) is 0.0234. The van der Waals surface area contributed by atoms with Gasteiger partial charge in [-0.3, -0.25) is 43.2 Å². The highest BCUT2D eigenvalue weighted by Gasteiger charge is 2.35. The third-order valence-corrected chi connectivity index (χ3v) is 11.9. The van der Waals surface area contributed by atoms with E-state index in [9.17, 15) is 68.4 Å². The van der Waals surface area contributed by atoms with Crippen molar-refractivity contribution in [2.45, 2.75) is 146 Å². The standard InChI is InChI=1S/C46H77N11O14S2/c1-24(2)19-33(46(70)71)54-41(65)31(15-16-36(60)61)52-40(64)29(9-5-7-17-47)50-39(63)30(10-6-8-18-48)51-43(67)34(22-72)56-42(66)32(20-26-11-13-27(59)14-12-26)53-45(69)37(25(3)4)57-44(68)35(23-73)55-38(62)28(49)21-58/h11-14,24-25,28-35,37,58-59,72-73H,5-10,15-23,47-49H2,1-4H3,(H,50,63)(H,51,67)(H,52,64)(H,53,69)(H,54,65)(H,55,62)(H,56,66)(H,57,68)(H,60,61)(H,70,71)/t28-,29-,30-,31-,32-,33-,34-,35-,37-/m0/s1. The highest BCUT2D eigenvalue weighted by Crippen LogP contribution is 2.14. The Morgan fingerprint density at radius 2 is 0.932 bits per heavy atom.